The van der Waals surface area contributed by atoms with Gasteiger partial charge in [-0.1, -0.05) is 0 Å². The Bertz CT molecular complexity index is 1200. The molecule has 2 amide bonds. The number of pyridine rings is 1. The minimum Gasteiger partial charge on any atom is -0.458 e. The quantitative estimate of drug-likeness (QED) is 0.422. The lowest BCUT2D eigenvalue weighted by atomic mass is 10.0. The molecule has 1 N–H and O–H groups in total. The summed E-state index contributed by atoms with van der Waals surface area (Å²) >= 11 is 0. The molecule has 204 valence electrons. The molecule has 12 heteroatoms. The first-order valence-electron chi connectivity index (χ1n) is 12.9. The van der Waals surface area contributed by atoms with Gasteiger partial charge in [0.05, 0.1) is 13.2 Å². The van der Waals surface area contributed by atoms with E-state index in [0.717, 1.165) is 25.4 Å². The van der Waals surface area contributed by atoms with E-state index < -0.39 is 11.6 Å². The fourth-order valence-corrected chi connectivity index (χ4v) is 4.32. The summed E-state index contributed by atoms with van der Waals surface area (Å²) in [7, 11) is 0. The number of carbonyl (C=O) groups excluding carboxylic acids is 2. The molecule has 4 rings (SSSR count). The average molecular weight is 525 g/mol. The first-order chi connectivity index (χ1) is 18.2. The van der Waals surface area contributed by atoms with Crippen LogP contribution in [0.2, 0.25) is 0 Å². The molecule has 1 aliphatic rings. The van der Waals surface area contributed by atoms with E-state index in [-0.39, 0.29) is 18.4 Å². The molecule has 0 spiro atoms. The molecule has 12 nitrogen and oxygen atoms in total. The Hall–Kier alpha value is -3.64. The van der Waals surface area contributed by atoms with Gasteiger partial charge in [0.1, 0.15) is 18.3 Å². The van der Waals surface area contributed by atoms with E-state index in [1.165, 1.54) is 4.80 Å². The molecule has 1 aliphatic heterocycles. The van der Waals surface area contributed by atoms with Crippen LogP contribution in [-0.4, -0.2) is 91.7 Å². The normalized spacial score (nSPS) is 15.3. The van der Waals surface area contributed by atoms with Gasteiger partial charge in [-0.3, -0.25) is 19.5 Å². The van der Waals surface area contributed by atoms with Crippen LogP contribution in [0.5, 0.6) is 0 Å². The lowest BCUT2D eigenvalue weighted by molar-refractivity contribution is -0.142. The smallest absolute Gasteiger partial charge is 0.247 e. The molecule has 0 bridgehead atoms. The summed E-state index contributed by atoms with van der Waals surface area (Å²) in [6, 6.07) is 6.25. The molecule has 0 unspecified atom stereocenters. The zero-order valence-corrected chi connectivity index (χ0v) is 22.5. The summed E-state index contributed by atoms with van der Waals surface area (Å²) in [4.78, 5) is 36.6. The number of tetrazole rings is 1. The highest BCUT2D eigenvalue weighted by Gasteiger charge is 2.33. The van der Waals surface area contributed by atoms with Crippen LogP contribution in [0.25, 0.3) is 11.6 Å². The molecular formula is C26H36N8O4. The molecule has 1 saturated heterocycles. The fraction of sp³-hybridized carbons (Fsp3) is 0.538. The second-order valence-corrected chi connectivity index (χ2v) is 10.4. The van der Waals surface area contributed by atoms with E-state index in [2.05, 4.69) is 30.6 Å². The van der Waals surface area contributed by atoms with E-state index in [1.807, 2.05) is 33.8 Å². The third kappa shape index (κ3) is 7.45. The molecule has 3 aromatic rings. The number of hydrogen-bond acceptors (Lipinski definition) is 9. The summed E-state index contributed by atoms with van der Waals surface area (Å²) in [6.45, 7) is 11.7. The molecule has 0 saturated carbocycles. The van der Waals surface area contributed by atoms with Gasteiger partial charge in [-0.15, -0.1) is 10.2 Å². The zero-order chi connectivity index (χ0) is 27.1. The summed E-state index contributed by atoms with van der Waals surface area (Å²) in [5.74, 6) is 0.937. The molecule has 0 radical (unpaired) electrons. The van der Waals surface area contributed by atoms with Crippen molar-refractivity contribution in [2.24, 2.45) is 0 Å². The number of aromatic nitrogens is 5. The summed E-state index contributed by atoms with van der Waals surface area (Å²) < 4.78 is 11.0. The van der Waals surface area contributed by atoms with Crippen molar-refractivity contribution in [3.8, 4) is 11.6 Å². The molecule has 1 fully saturated rings. The van der Waals surface area contributed by atoms with Gasteiger partial charge in [0.25, 0.3) is 0 Å². The number of amides is 2. The minimum absolute atomic E-state index is 0.172. The van der Waals surface area contributed by atoms with Crippen LogP contribution in [0.1, 0.15) is 44.6 Å². The lowest BCUT2D eigenvalue weighted by Crippen LogP contribution is -2.50. The number of rotatable bonds is 10. The molecule has 0 aromatic carbocycles. The molecule has 0 aliphatic carbocycles. The van der Waals surface area contributed by atoms with Gasteiger partial charge in [0, 0.05) is 44.1 Å². The Labute approximate surface area is 222 Å². The Morgan fingerprint density at radius 1 is 1.13 bits per heavy atom. The molecular weight excluding hydrogens is 488 g/mol. The van der Waals surface area contributed by atoms with Crippen molar-refractivity contribution >= 4 is 11.8 Å². The topological polar surface area (TPSA) is 132 Å². The van der Waals surface area contributed by atoms with Crippen LogP contribution in [0.3, 0.4) is 0 Å². The highest BCUT2D eigenvalue weighted by molar-refractivity contribution is 5.89. The van der Waals surface area contributed by atoms with Crippen LogP contribution in [0, 0.1) is 6.92 Å². The lowest BCUT2D eigenvalue weighted by Gasteiger charge is -2.34. The first-order valence-corrected chi connectivity index (χ1v) is 12.9. The van der Waals surface area contributed by atoms with Crippen molar-refractivity contribution < 1.29 is 18.7 Å². The summed E-state index contributed by atoms with van der Waals surface area (Å²) in [5, 5.41) is 15.5. The fourth-order valence-electron chi connectivity index (χ4n) is 4.32. The van der Waals surface area contributed by atoms with Gasteiger partial charge in [0.15, 0.2) is 5.76 Å². The largest absolute Gasteiger partial charge is 0.458 e. The highest BCUT2D eigenvalue weighted by atomic mass is 16.5. The monoisotopic (exact) mass is 524 g/mol. The van der Waals surface area contributed by atoms with Gasteiger partial charge in [-0.2, -0.15) is 4.80 Å². The minimum atomic E-state index is -0.842. The number of hydrogen-bond donors (Lipinski definition) is 1. The van der Waals surface area contributed by atoms with E-state index >= 15 is 0 Å². The van der Waals surface area contributed by atoms with Gasteiger partial charge in [-0.25, -0.2) is 0 Å². The van der Waals surface area contributed by atoms with Crippen molar-refractivity contribution in [1.82, 2.24) is 40.3 Å². The number of nitrogens with one attached hydrogen (secondary N) is 1. The maximum Gasteiger partial charge on any atom is 0.247 e. The Morgan fingerprint density at radius 3 is 2.53 bits per heavy atom. The first kappa shape index (κ1) is 27.4. The van der Waals surface area contributed by atoms with Crippen molar-refractivity contribution in [2.45, 2.75) is 52.2 Å². The molecule has 38 heavy (non-hydrogen) atoms. The van der Waals surface area contributed by atoms with Gasteiger partial charge in [0.2, 0.25) is 17.6 Å². The summed E-state index contributed by atoms with van der Waals surface area (Å²) in [5.41, 5.74) is 0.203. The SMILES string of the molecule is Cc1ccc(-c2nnn(CC(=O)N(CCCN3CCOCC3)[C@H](C(=O)NC(C)(C)C)c3ccncc3)n2)o1. The van der Waals surface area contributed by atoms with Crippen molar-refractivity contribution in [1.29, 1.82) is 0 Å². The second-order valence-electron chi connectivity index (χ2n) is 10.4. The third-order valence-electron chi connectivity index (χ3n) is 6.07. The van der Waals surface area contributed by atoms with Crippen LogP contribution in [0.4, 0.5) is 0 Å². The third-order valence-corrected chi connectivity index (χ3v) is 6.07. The van der Waals surface area contributed by atoms with Gasteiger partial charge >= 0.3 is 0 Å². The van der Waals surface area contributed by atoms with Crippen molar-refractivity contribution in [2.75, 3.05) is 39.4 Å². The van der Waals surface area contributed by atoms with Crippen molar-refractivity contribution in [3.63, 3.8) is 0 Å². The van der Waals surface area contributed by atoms with E-state index in [0.29, 0.717) is 43.3 Å². The highest BCUT2D eigenvalue weighted by Crippen LogP contribution is 2.23. The second kappa shape index (κ2) is 12.3. The van der Waals surface area contributed by atoms with Crippen LogP contribution < -0.4 is 5.32 Å². The Kier molecular flexibility index (Phi) is 8.85. The number of ether oxygens (including phenoxy) is 1. The molecule has 3 aromatic heterocycles. The number of nitrogens with zero attached hydrogens (tertiary/aromatic N) is 7. The Morgan fingerprint density at radius 2 is 1.87 bits per heavy atom. The van der Waals surface area contributed by atoms with E-state index in [9.17, 15) is 9.59 Å². The maximum absolute atomic E-state index is 13.8. The van der Waals surface area contributed by atoms with Crippen molar-refractivity contribution in [3.05, 3.63) is 48.0 Å². The number of carbonyl (C=O) groups is 2. The predicted octanol–water partition coefficient (Wildman–Crippen LogP) is 1.84. The number of furan rings is 1. The van der Waals surface area contributed by atoms with E-state index in [1.54, 1.807) is 35.5 Å². The van der Waals surface area contributed by atoms with Crippen LogP contribution >= 0.6 is 0 Å². The standard InChI is InChI=1S/C26H36N8O4/c1-19-6-7-21(38-19)24-29-31-34(30-24)18-22(35)33(13-5-12-32-14-16-37-17-15-32)23(20-8-10-27-11-9-20)25(36)28-26(2,3)4/h6-11,23H,5,12-18H2,1-4H3,(H,28,36)/t23-/m0/s1. The van der Waals surface area contributed by atoms with Gasteiger partial charge in [-0.05, 0) is 69.2 Å². The maximum atomic E-state index is 13.8. The number of morpholine rings is 1. The number of aryl methyl sites for hydroxylation is 1. The summed E-state index contributed by atoms with van der Waals surface area (Å²) in [6.07, 6.45) is 3.94. The Balaban J connectivity index is 1.57. The van der Waals surface area contributed by atoms with E-state index in [4.69, 9.17) is 9.15 Å². The molecule has 4 heterocycles. The van der Waals surface area contributed by atoms with Crippen LogP contribution in [-0.2, 0) is 20.9 Å². The molecule has 1 atom stereocenters. The average Bonchev–Trinajstić information content (AvgIpc) is 3.52. The predicted molar refractivity (Wildman–Crippen MR) is 139 cm³/mol. The zero-order valence-electron chi connectivity index (χ0n) is 22.5. The van der Waals surface area contributed by atoms with Crippen LogP contribution in [0.15, 0.2) is 41.1 Å². The van der Waals surface area contributed by atoms with Gasteiger partial charge < -0.3 is 19.4 Å².